The molecule has 2 aromatic rings. The number of hydrogen-bond acceptors (Lipinski definition) is 5. The number of fused-ring (bicyclic) bond motifs is 1. The van der Waals surface area contributed by atoms with Crippen molar-refractivity contribution in [2.75, 3.05) is 0 Å². The highest BCUT2D eigenvalue weighted by atomic mass is 16.3. The minimum absolute atomic E-state index is 0.281. The van der Waals surface area contributed by atoms with E-state index in [0.717, 1.165) is 0 Å². The van der Waals surface area contributed by atoms with Gasteiger partial charge in [0.1, 0.15) is 6.10 Å². The minimum atomic E-state index is -1.66. The molecule has 0 aliphatic carbocycles. The van der Waals surface area contributed by atoms with Crippen LogP contribution in [0.15, 0.2) is 24.8 Å². The number of nitrogens with two attached hydrogens (primary N) is 1. The first kappa shape index (κ1) is 10.5. The fourth-order valence-electron chi connectivity index (χ4n) is 1.40. The summed E-state index contributed by atoms with van der Waals surface area (Å²) in [6, 6.07) is 0. The number of aliphatic hydroxyl groups is 2. The Kier molecular flexibility index (Phi) is 2.55. The van der Waals surface area contributed by atoms with Crippen LogP contribution in [0.5, 0.6) is 0 Å². The predicted molar refractivity (Wildman–Crippen MR) is 53.1 cm³/mol. The second kappa shape index (κ2) is 3.87. The average molecular weight is 222 g/mol. The molecule has 0 saturated heterocycles. The van der Waals surface area contributed by atoms with Gasteiger partial charge in [0.05, 0.1) is 18.1 Å². The van der Waals surface area contributed by atoms with E-state index >= 15 is 0 Å². The van der Waals surface area contributed by atoms with E-state index in [1.165, 1.54) is 23.0 Å². The maximum Gasteiger partial charge on any atom is 0.249 e. The maximum atomic E-state index is 10.7. The molecule has 0 aromatic carbocycles. The number of nitrogens with zero attached hydrogens (tertiary/aromatic N) is 3. The van der Waals surface area contributed by atoms with Gasteiger partial charge in [-0.3, -0.25) is 14.2 Å². The molecule has 1 amide bonds. The van der Waals surface area contributed by atoms with Gasteiger partial charge in [0.25, 0.3) is 0 Å². The van der Waals surface area contributed by atoms with Crippen LogP contribution in [-0.4, -0.2) is 36.6 Å². The van der Waals surface area contributed by atoms with E-state index in [2.05, 4.69) is 9.97 Å². The summed E-state index contributed by atoms with van der Waals surface area (Å²) in [6.07, 6.45) is 2.85. The third kappa shape index (κ3) is 1.62. The highest BCUT2D eigenvalue weighted by Gasteiger charge is 2.26. The van der Waals surface area contributed by atoms with Crippen LogP contribution in [-0.2, 0) is 4.79 Å². The lowest BCUT2D eigenvalue weighted by atomic mass is 10.1. The highest BCUT2D eigenvalue weighted by Crippen LogP contribution is 2.17. The summed E-state index contributed by atoms with van der Waals surface area (Å²) >= 11 is 0. The molecule has 16 heavy (non-hydrogen) atoms. The number of hydrogen-bond donors (Lipinski definition) is 3. The summed E-state index contributed by atoms with van der Waals surface area (Å²) < 4.78 is 1.52. The largest absolute Gasteiger partial charge is 0.384 e. The zero-order chi connectivity index (χ0) is 11.7. The van der Waals surface area contributed by atoms with E-state index in [9.17, 15) is 15.0 Å². The fraction of sp³-hybridized carbons (Fsp3) is 0.222. The van der Waals surface area contributed by atoms with Crippen molar-refractivity contribution in [1.82, 2.24) is 14.4 Å². The van der Waals surface area contributed by atoms with Gasteiger partial charge in [-0.2, -0.15) is 0 Å². The molecule has 2 heterocycles. The van der Waals surface area contributed by atoms with E-state index in [-0.39, 0.29) is 5.69 Å². The van der Waals surface area contributed by atoms with E-state index in [1.54, 1.807) is 6.20 Å². The number of carbonyl (C=O) groups excluding carboxylic acids is 1. The summed E-state index contributed by atoms with van der Waals surface area (Å²) in [5, 5.41) is 19.1. The van der Waals surface area contributed by atoms with Crippen LogP contribution >= 0.6 is 0 Å². The van der Waals surface area contributed by atoms with Crippen molar-refractivity contribution in [2.24, 2.45) is 5.73 Å². The molecule has 2 atom stereocenters. The number of amides is 1. The molecule has 0 saturated carbocycles. The van der Waals surface area contributed by atoms with Crippen molar-refractivity contribution in [3.8, 4) is 0 Å². The first-order chi connectivity index (χ1) is 7.61. The lowest BCUT2D eigenvalue weighted by Gasteiger charge is -2.13. The lowest BCUT2D eigenvalue weighted by molar-refractivity contribution is -0.132. The van der Waals surface area contributed by atoms with E-state index in [1.807, 2.05) is 0 Å². The Morgan fingerprint density at radius 3 is 2.88 bits per heavy atom. The first-order valence-electron chi connectivity index (χ1n) is 4.53. The molecule has 7 nitrogen and oxygen atoms in total. The molecule has 0 aliphatic rings. The zero-order valence-electron chi connectivity index (χ0n) is 8.19. The zero-order valence-corrected chi connectivity index (χ0v) is 8.19. The molecule has 0 bridgehead atoms. The highest BCUT2D eigenvalue weighted by molar-refractivity contribution is 5.79. The van der Waals surface area contributed by atoms with Crippen molar-refractivity contribution in [2.45, 2.75) is 12.2 Å². The van der Waals surface area contributed by atoms with Gasteiger partial charge in [0.15, 0.2) is 11.8 Å². The Bertz CT molecular complexity index is 524. The number of imidazole rings is 1. The van der Waals surface area contributed by atoms with E-state index < -0.39 is 18.1 Å². The smallest absolute Gasteiger partial charge is 0.249 e. The van der Waals surface area contributed by atoms with Gasteiger partial charge in [-0.15, -0.1) is 0 Å². The SMILES string of the molecule is NC(=O)C(O)C(O)c1cnc2cnccn12. The standard InChI is InChI=1S/C9H10N4O3/c10-9(16)8(15)7(14)5-3-12-6-4-11-1-2-13(5)6/h1-4,7-8,14-15H,(H2,10,16). The Hall–Kier alpha value is -1.99. The van der Waals surface area contributed by atoms with E-state index in [0.29, 0.717) is 5.65 Å². The van der Waals surface area contributed by atoms with Crippen molar-refractivity contribution in [3.63, 3.8) is 0 Å². The lowest BCUT2D eigenvalue weighted by Crippen LogP contribution is -2.34. The molecule has 2 rings (SSSR count). The average Bonchev–Trinajstić information content (AvgIpc) is 2.70. The number of primary amides is 1. The van der Waals surface area contributed by atoms with Crippen LogP contribution in [0, 0.1) is 0 Å². The van der Waals surface area contributed by atoms with Gasteiger partial charge in [0, 0.05) is 12.4 Å². The molecular formula is C9H10N4O3. The van der Waals surface area contributed by atoms with Crippen molar-refractivity contribution >= 4 is 11.6 Å². The topological polar surface area (TPSA) is 114 Å². The third-order valence-corrected chi connectivity index (χ3v) is 2.24. The number of rotatable bonds is 3. The molecule has 4 N–H and O–H groups in total. The summed E-state index contributed by atoms with van der Waals surface area (Å²) in [4.78, 5) is 18.5. The van der Waals surface area contributed by atoms with Gasteiger partial charge in [-0.25, -0.2) is 4.98 Å². The second-order valence-corrected chi connectivity index (χ2v) is 3.28. The second-order valence-electron chi connectivity index (χ2n) is 3.28. The Morgan fingerprint density at radius 1 is 1.44 bits per heavy atom. The number of aromatic nitrogens is 3. The van der Waals surface area contributed by atoms with Crippen molar-refractivity contribution < 1.29 is 15.0 Å². The molecule has 0 fully saturated rings. The van der Waals surface area contributed by atoms with E-state index in [4.69, 9.17) is 5.73 Å². The molecule has 0 radical (unpaired) electrons. The Labute approximate surface area is 90.2 Å². The van der Waals surface area contributed by atoms with Gasteiger partial charge in [-0.05, 0) is 0 Å². The predicted octanol–water partition coefficient (Wildman–Crippen LogP) is -1.39. The Morgan fingerprint density at radius 2 is 2.19 bits per heavy atom. The fourth-order valence-corrected chi connectivity index (χ4v) is 1.40. The normalized spacial score (nSPS) is 14.9. The summed E-state index contributed by atoms with van der Waals surface area (Å²) in [7, 11) is 0. The molecule has 0 spiro atoms. The summed E-state index contributed by atoms with van der Waals surface area (Å²) in [6.45, 7) is 0. The van der Waals surface area contributed by atoms with Crippen LogP contribution in [0.2, 0.25) is 0 Å². The molecular weight excluding hydrogens is 212 g/mol. The molecule has 2 aromatic heterocycles. The van der Waals surface area contributed by atoms with Gasteiger partial charge < -0.3 is 15.9 Å². The van der Waals surface area contributed by atoms with Crippen molar-refractivity contribution in [1.29, 1.82) is 0 Å². The van der Waals surface area contributed by atoms with Crippen LogP contribution in [0.25, 0.3) is 5.65 Å². The van der Waals surface area contributed by atoms with Crippen LogP contribution in [0.3, 0.4) is 0 Å². The Balaban J connectivity index is 2.44. The van der Waals surface area contributed by atoms with Gasteiger partial charge in [0.2, 0.25) is 5.91 Å². The first-order valence-corrected chi connectivity index (χ1v) is 4.53. The molecule has 2 unspecified atom stereocenters. The van der Waals surface area contributed by atoms with Crippen LogP contribution in [0.1, 0.15) is 11.8 Å². The van der Waals surface area contributed by atoms with Gasteiger partial charge >= 0.3 is 0 Å². The number of carbonyl (C=O) groups is 1. The van der Waals surface area contributed by atoms with Crippen LogP contribution < -0.4 is 5.73 Å². The van der Waals surface area contributed by atoms with Crippen molar-refractivity contribution in [3.05, 3.63) is 30.5 Å². The summed E-state index contributed by atoms with van der Waals surface area (Å²) in [5.41, 5.74) is 5.68. The molecule has 7 heteroatoms. The molecule has 0 aliphatic heterocycles. The minimum Gasteiger partial charge on any atom is -0.384 e. The summed E-state index contributed by atoms with van der Waals surface area (Å²) in [5.74, 6) is -0.989. The van der Waals surface area contributed by atoms with Gasteiger partial charge in [-0.1, -0.05) is 0 Å². The molecule has 84 valence electrons. The quantitative estimate of drug-likeness (QED) is 0.591. The third-order valence-electron chi connectivity index (χ3n) is 2.24. The maximum absolute atomic E-state index is 10.7. The number of aliphatic hydroxyl groups excluding tert-OH is 2. The van der Waals surface area contributed by atoms with Crippen LogP contribution in [0.4, 0.5) is 0 Å². The monoisotopic (exact) mass is 222 g/mol.